The van der Waals surface area contributed by atoms with Crippen LogP contribution >= 0.6 is 23.2 Å². The number of sulfonamides is 1. The molecule has 2 N–H and O–H groups in total. The van der Waals surface area contributed by atoms with Gasteiger partial charge in [0.05, 0.1) is 29.3 Å². The average molecular weight is 354 g/mol. The fourth-order valence-electron chi connectivity index (χ4n) is 1.99. The molecular weight excluding hydrogens is 341 g/mol. The molecule has 116 valence electrons. The molecule has 0 aliphatic carbocycles. The SMILES string of the molecule is CC1(C(=O)O)COCC1NS(=O)(=O)c1cccc(Cl)c1Cl. The summed E-state index contributed by atoms with van der Waals surface area (Å²) < 4.78 is 32.2. The van der Waals surface area contributed by atoms with Gasteiger partial charge in [0.15, 0.2) is 0 Å². The summed E-state index contributed by atoms with van der Waals surface area (Å²) in [7, 11) is -4.01. The smallest absolute Gasteiger partial charge is 0.313 e. The third-order valence-corrected chi connectivity index (χ3v) is 5.89. The lowest BCUT2D eigenvalue weighted by Crippen LogP contribution is -2.49. The van der Waals surface area contributed by atoms with E-state index in [1.165, 1.54) is 25.1 Å². The van der Waals surface area contributed by atoms with Crippen molar-refractivity contribution in [2.75, 3.05) is 13.2 Å². The molecule has 0 bridgehead atoms. The Morgan fingerprint density at radius 2 is 2.14 bits per heavy atom. The number of benzene rings is 1. The first kappa shape index (κ1) is 16.5. The Morgan fingerprint density at radius 3 is 2.76 bits per heavy atom. The Balaban J connectivity index is 2.34. The van der Waals surface area contributed by atoms with Gasteiger partial charge in [-0.05, 0) is 19.1 Å². The second-order valence-corrected chi connectivity index (χ2v) is 7.43. The third kappa shape index (κ3) is 3.02. The number of hydrogen-bond donors (Lipinski definition) is 2. The fraction of sp³-hybridized carbons (Fsp3) is 0.417. The van der Waals surface area contributed by atoms with Gasteiger partial charge in [0.1, 0.15) is 10.3 Å². The van der Waals surface area contributed by atoms with Gasteiger partial charge in [-0.3, -0.25) is 4.79 Å². The highest BCUT2D eigenvalue weighted by molar-refractivity contribution is 7.89. The molecule has 9 heteroatoms. The zero-order valence-corrected chi connectivity index (χ0v) is 13.3. The van der Waals surface area contributed by atoms with Crippen molar-refractivity contribution in [3.63, 3.8) is 0 Å². The average Bonchev–Trinajstić information content (AvgIpc) is 2.75. The number of carbonyl (C=O) groups is 1. The first-order chi connectivity index (χ1) is 9.68. The molecule has 1 aliphatic heterocycles. The Morgan fingerprint density at radius 1 is 1.48 bits per heavy atom. The largest absolute Gasteiger partial charge is 0.481 e. The van der Waals surface area contributed by atoms with Crippen LogP contribution in [-0.4, -0.2) is 38.7 Å². The predicted molar refractivity (Wildman–Crippen MR) is 77.1 cm³/mol. The third-order valence-electron chi connectivity index (χ3n) is 3.45. The van der Waals surface area contributed by atoms with Crippen molar-refractivity contribution in [3.8, 4) is 0 Å². The summed E-state index contributed by atoms with van der Waals surface area (Å²) in [5.74, 6) is -1.13. The number of hydrogen-bond acceptors (Lipinski definition) is 4. The molecule has 0 spiro atoms. The number of aliphatic carboxylic acids is 1. The van der Waals surface area contributed by atoms with Crippen LogP contribution < -0.4 is 4.72 Å². The van der Waals surface area contributed by atoms with Gasteiger partial charge in [0.2, 0.25) is 10.0 Å². The van der Waals surface area contributed by atoms with Crippen molar-refractivity contribution in [2.45, 2.75) is 17.9 Å². The fourth-order valence-corrected chi connectivity index (χ4v) is 4.09. The molecule has 6 nitrogen and oxygen atoms in total. The Bertz CT molecular complexity index is 678. The molecule has 2 atom stereocenters. The van der Waals surface area contributed by atoms with Gasteiger partial charge in [-0.1, -0.05) is 29.3 Å². The summed E-state index contributed by atoms with van der Waals surface area (Å²) in [6.45, 7) is 1.33. The van der Waals surface area contributed by atoms with E-state index in [-0.39, 0.29) is 28.2 Å². The molecule has 2 unspecified atom stereocenters. The van der Waals surface area contributed by atoms with E-state index in [4.69, 9.17) is 27.9 Å². The van der Waals surface area contributed by atoms with Crippen molar-refractivity contribution in [3.05, 3.63) is 28.2 Å². The first-order valence-corrected chi connectivity index (χ1v) is 8.20. The highest BCUT2D eigenvalue weighted by atomic mass is 35.5. The number of carboxylic acids is 1. The molecule has 21 heavy (non-hydrogen) atoms. The molecule has 1 saturated heterocycles. The second-order valence-electron chi connectivity index (χ2n) is 4.96. The number of carboxylic acid groups (broad SMARTS) is 1. The number of ether oxygens (including phenoxy) is 1. The Labute approximate surface area is 132 Å². The van der Waals surface area contributed by atoms with Crippen LogP contribution in [0.2, 0.25) is 10.0 Å². The highest BCUT2D eigenvalue weighted by Gasteiger charge is 2.48. The summed E-state index contributed by atoms with van der Waals surface area (Å²) >= 11 is 11.7. The maximum absolute atomic E-state index is 12.4. The minimum absolute atomic E-state index is 0.0276. The molecule has 0 saturated carbocycles. The van der Waals surface area contributed by atoms with Gasteiger partial charge >= 0.3 is 5.97 Å². The van der Waals surface area contributed by atoms with Crippen LogP contribution in [0.3, 0.4) is 0 Å². The van der Waals surface area contributed by atoms with Gasteiger partial charge in [-0.15, -0.1) is 0 Å². The Kier molecular flexibility index (Phi) is 4.51. The second kappa shape index (κ2) is 5.73. The number of nitrogens with one attached hydrogen (secondary N) is 1. The van der Waals surface area contributed by atoms with E-state index in [1.807, 2.05) is 0 Å². The molecule has 1 aromatic rings. The summed E-state index contributed by atoms with van der Waals surface area (Å²) in [5, 5.41) is 9.24. The lowest BCUT2D eigenvalue weighted by Gasteiger charge is -2.25. The van der Waals surface area contributed by atoms with E-state index in [9.17, 15) is 18.3 Å². The normalized spacial score (nSPS) is 26.0. The van der Waals surface area contributed by atoms with E-state index in [2.05, 4.69) is 4.72 Å². The molecule has 0 aromatic heterocycles. The van der Waals surface area contributed by atoms with Crippen LogP contribution in [0.25, 0.3) is 0 Å². The van der Waals surface area contributed by atoms with Crippen LogP contribution in [-0.2, 0) is 19.6 Å². The van der Waals surface area contributed by atoms with Crippen LogP contribution in [0.4, 0.5) is 0 Å². The summed E-state index contributed by atoms with van der Waals surface area (Å²) in [5.41, 5.74) is -1.34. The van der Waals surface area contributed by atoms with Crippen molar-refractivity contribution >= 4 is 39.2 Å². The molecule has 1 aliphatic rings. The topological polar surface area (TPSA) is 92.7 Å². The molecule has 1 heterocycles. The van der Waals surface area contributed by atoms with E-state index in [0.29, 0.717) is 0 Å². The van der Waals surface area contributed by atoms with Gasteiger partial charge < -0.3 is 9.84 Å². The lowest BCUT2D eigenvalue weighted by molar-refractivity contribution is -0.148. The molecule has 1 aromatic carbocycles. The van der Waals surface area contributed by atoms with Crippen molar-refractivity contribution in [2.24, 2.45) is 5.41 Å². The summed E-state index contributed by atoms with van der Waals surface area (Å²) in [4.78, 5) is 11.1. The van der Waals surface area contributed by atoms with E-state index in [1.54, 1.807) is 0 Å². The molecule has 0 radical (unpaired) electrons. The Hall–Kier alpha value is -0.860. The van der Waals surface area contributed by atoms with Crippen molar-refractivity contribution in [1.29, 1.82) is 0 Å². The number of halogens is 2. The predicted octanol–water partition coefficient (Wildman–Crippen LogP) is 1.76. The van der Waals surface area contributed by atoms with Crippen molar-refractivity contribution < 1.29 is 23.1 Å². The molecule has 0 amide bonds. The monoisotopic (exact) mass is 353 g/mol. The van der Waals surface area contributed by atoms with E-state index in [0.717, 1.165) is 0 Å². The maximum atomic E-state index is 12.4. The summed E-state index contributed by atoms with van der Waals surface area (Å²) in [6.07, 6.45) is 0. The molecule has 2 rings (SSSR count). The minimum atomic E-state index is -4.01. The van der Waals surface area contributed by atoms with Crippen LogP contribution in [0.1, 0.15) is 6.92 Å². The van der Waals surface area contributed by atoms with Gasteiger partial charge in [-0.25, -0.2) is 13.1 Å². The van der Waals surface area contributed by atoms with E-state index < -0.39 is 27.4 Å². The lowest BCUT2D eigenvalue weighted by atomic mass is 9.86. The molecule has 1 fully saturated rings. The van der Waals surface area contributed by atoms with Gasteiger partial charge in [-0.2, -0.15) is 0 Å². The van der Waals surface area contributed by atoms with Crippen LogP contribution in [0, 0.1) is 5.41 Å². The van der Waals surface area contributed by atoms with E-state index >= 15 is 0 Å². The first-order valence-electron chi connectivity index (χ1n) is 5.96. The zero-order valence-electron chi connectivity index (χ0n) is 11.0. The van der Waals surface area contributed by atoms with Gasteiger partial charge in [0.25, 0.3) is 0 Å². The van der Waals surface area contributed by atoms with Crippen LogP contribution in [0.15, 0.2) is 23.1 Å². The quantitative estimate of drug-likeness (QED) is 0.860. The number of rotatable bonds is 4. The van der Waals surface area contributed by atoms with Crippen LogP contribution in [0.5, 0.6) is 0 Å². The minimum Gasteiger partial charge on any atom is -0.481 e. The zero-order chi connectivity index (χ0) is 15.8. The van der Waals surface area contributed by atoms with Crippen molar-refractivity contribution in [1.82, 2.24) is 4.72 Å². The van der Waals surface area contributed by atoms with Gasteiger partial charge in [0, 0.05) is 0 Å². The summed E-state index contributed by atoms with van der Waals surface area (Å²) in [6, 6.07) is 3.31. The molecular formula is C12H13Cl2NO5S. The standard InChI is InChI=1S/C12H13Cl2NO5S/c1-12(11(16)17)6-20-5-9(12)15-21(18,19)8-4-2-3-7(13)10(8)14/h2-4,9,15H,5-6H2,1H3,(H,16,17). The highest BCUT2D eigenvalue weighted by Crippen LogP contribution is 2.32. The maximum Gasteiger partial charge on any atom is 0.313 e.